The van der Waals surface area contributed by atoms with E-state index in [4.69, 9.17) is 20.8 Å². The molecule has 3 aromatic heterocycles. The Labute approximate surface area is 220 Å². The van der Waals surface area contributed by atoms with Gasteiger partial charge in [0.05, 0.1) is 30.6 Å². The van der Waals surface area contributed by atoms with Crippen molar-refractivity contribution in [3.8, 4) is 0 Å². The minimum Gasteiger partial charge on any atom is -0.467 e. The molecule has 0 aliphatic heterocycles. The van der Waals surface area contributed by atoms with Crippen LogP contribution in [-0.4, -0.2) is 33.8 Å². The summed E-state index contributed by atoms with van der Waals surface area (Å²) in [5.41, 5.74) is 1.31. The highest BCUT2D eigenvalue weighted by Crippen LogP contribution is 2.30. The van der Waals surface area contributed by atoms with Crippen LogP contribution >= 0.6 is 34.7 Å². The second kappa shape index (κ2) is 11.8. The summed E-state index contributed by atoms with van der Waals surface area (Å²) < 4.78 is 12.0. The number of hydrogen-bond donors (Lipinski definition) is 1. The average molecular weight is 546 g/mol. The van der Waals surface area contributed by atoms with Crippen molar-refractivity contribution in [1.29, 1.82) is 0 Å². The molecule has 11 heteroatoms. The maximum Gasteiger partial charge on any atom is 0.348 e. The molecule has 0 radical (unpaired) electrons. The Morgan fingerprint density at radius 3 is 2.72 bits per heavy atom. The molecule has 0 bridgehead atoms. The number of rotatable bonds is 10. The minimum atomic E-state index is -0.475. The normalized spacial score (nSPS) is 11.1. The smallest absolute Gasteiger partial charge is 0.348 e. The van der Waals surface area contributed by atoms with Crippen LogP contribution in [0.25, 0.3) is 10.2 Å². The van der Waals surface area contributed by atoms with Gasteiger partial charge >= 0.3 is 5.97 Å². The maximum atomic E-state index is 13.6. The molecule has 188 valence electrons. The Morgan fingerprint density at radius 2 is 2.03 bits per heavy atom. The number of aromatic nitrogens is 2. The Bertz CT molecular complexity index is 1430. The second-order valence-electron chi connectivity index (χ2n) is 7.83. The lowest BCUT2D eigenvalue weighted by molar-refractivity contribution is -0.118. The molecule has 0 spiro atoms. The highest BCUT2D eigenvalue weighted by atomic mass is 35.5. The molecule has 0 saturated carbocycles. The molecule has 0 unspecified atom stereocenters. The molecule has 36 heavy (non-hydrogen) atoms. The first-order chi connectivity index (χ1) is 17.4. The van der Waals surface area contributed by atoms with Gasteiger partial charge in [-0.25, -0.2) is 9.78 Å². The third-order valence-electron chi connectivity index (χ3n) is 5.39. The Hall–Kier alpha value is -3.08. The van der Waals surface area contributed by atoms with E-state index in [1.807, 2.05) is 12.1 Å². The summed E-state index contributed by atoms with van der Waals surface area (Å²) in [6.45, 7) is 4.32. The van der Waals surface area contributed by atoms with Crippen LogP contribution < -0.4 is 10.9 Å². The number of furan rings is 1. The van der Waals surface area contributed by atoms with Crippen molar-refractivity contribution in [2.75, 3.05) is 12.4 Å². The zero-order chi connectivity index (χ0) is 25.7. The Balaban J connectivity index is 1.62. The van der Waals surface area contributed by atoms with Crippen LogP contribution in [0.15, 0.2) is 57.0 Å². The van der Waals surface area contributed by atoms with Gasteiger partial charge in [0.1, 0.15) is 15.5 Å². The van der Waals surface area contributed by atoms with Crippen LogP contribution in [-0.2, 0) is 29.0 Å². The topological polar surface area (TPSA) is 103 Å². The number of carbonyl (C=O) groups is 2. The number of nitrogens with zero attached hydrogens (tertiary/aromatic N) is 2. The number of esters is 1. The van der Waals surface area contributed by atoms with E-state index in [9.17, 15) is 14.4 Å². The quantitative estimate of drug-likeness (QED) is 0.173. The molecule has 4 aromatic rings. The third kappa shape index (κ3) is 6.00. The predicted molar refractivity (Wildman–Crippen MR) is 141 cm³/mol. The van der Waals surface area contributed by atoms with Crippen molar-refractivity contribution in [1.82, 2.24) is 14.9 Å². The second-order valence-corrected chi connectivity index (χ2v) is 10.2. The number of hydrogen-bond acceptors (Lipinski definition) is 8. The summed E-state index contributed by atoms with van der Waals surface area (Å²) in [4.78, 5) is 43.9. The molecule has 0 atom stereocenters. The summed E-state index contributed by atoms with van der Waals surface area (Å²) in [7, 11) is 0. The number of nitrogens with one attached hydrogen (secondary N) is 1. The standard InChI is InChI=1S/C25H24ClN3O5S2/c1-3-33-24(32)21-15(2)20-22(36-21)28-25(35-14-19(30)27-13-18-5-4-12-34-18)29(23(20)31)11-10-16-6-8-17(26)9-7-16/h4-9,12H,3,10-11,13-14H2,1-2H3,(H,27,30). The summed E-state index contributed by atoms with van der Waals surface area (Å²) in [5.74, 6) is 0.0174. The summed E-state index contributed by atoms with van der Waals surface area (Å²) in [5, 5.41) is 4.23. The lowest BCUT2D eigenvalue weighted by atomic mass is 10.1. The highest BCUT2D eigenvalue weighted by Gasteiger charge is 2.23. The van der Waals surface area contributed by atoms with Crippen molar-refractivity contribution in [2.45, 2.75) is 38.5 Å². The number of amides is 1. The van der Waals surface area contributed by atoms with Crippen molar-refractivity contribution >= 4 is 56.8 Å². The summed E-state index contributed by atoms with van der Waals surface area (Å²) in [6.07, 6.45) is 2.11. The molecule has 1 amide bonds. The average Bonchev–Trinajstić information content (AvgIpc) is 3.50. The van der Waals surface area contributed by atoms with Gasteiger partial charge in [-0.05, 0) is 55.7 Å². The van der Waals surface area contributed by atoms with Crippen LogP contribution in [0.3, 0.4) is 0 Å². The first-order valence-electron chi connectivity index (χ1n) is 11.2. The van der Waals surface area contributed by atoms with E-state index >= 15 is 0 Å². The number of aryl methyl sites for hydroxylation is 2. The number of fused-ring (bicyclic) bond motifs is 1. The molecule has 4 rings (SSSR count). The van der Waals surface area contributed by atoms with E-state index in [1.165, 1.54) is 11.8 Å². The number of benzene rings is 1. The van der Waals surface area contributed by atoms with Gasteiger partial charge in [-0.1, -0.05) is 35.5 Å². The molecular formula is C25H24ClN3O5S2. The van der Waals surface area contributed by atoms with Crippen LogP contribution in [0.1, 0.15) is 33.5 Å². The van der Waals surface area contributed by atoms with Gasteiger partial charge < -0.3 is 14.5 Å². The molecule has 0 aliphatic rings. The lowest BCUT2D eigenvalue weighted by Gasteiger charge is -2.12. The third-order valence-corrected chi connectivity index (χ3v) is 7.78. The van der Waals surface area contributed by atoms with Crippen molar-refractivity contribution < 1.29 is 18.7 Å². The van der Waals surface area contributed by atoms with E-state index in [-0.39, 0.29) is 30.4 Å². The van der Waals surface area contributed by atoms with Crippen molar-refractivity contribution in [3.05, 3.63) is 79.8 Å². The minimum absolute atomic E-state index is 0.0642. The van der Waals surface area contributed by atoms with Gasteiger partial charge in [-0.3, -0.25) is 14.2 Å². The fourth-order valence-corrected chi connectivity index (χ4v) is 5.67. The molecule has 8 nitrogen and oxygen atoms in total. The first kappa shape index (κ1) is 26.0. The number of thiophene rings is 1. The Kier molecular flexibility index (Phi) is 8.50. The van der Waals surface area contributed by atoms with E-state index in [2.05, 4.69) is 10.3 Å². The largest absolute Gasteiger partial charge is 0.467 e. The highest BCUT2D eigenvalue weighted by molar-refractivity contribution is 7.99. The van der Waals surface area contributed by atoms with Crippen LogP contribution in [0, 0.1) is 6.92 Å². The fourth-order valence-electron chi connectivity index (χ4n) is 3.57. The monoisotopic (exact) mass is 545 g/mol. The number of ether oxygens (including phenoxy) is 1. The van der Waals surface area contributed by atoms with E-state index < -0.39 is 5.97 Å². The molecule has 0 saturated heterocycles. The van der Waals surface area contributed by atoms with E-state index in [0.717, 1.165) is 16.9 Å². The predicted octanol–water partition coefficient (Wildman–Crippen LogP) is 4.84. The zero-order valence-corrected chi connectivity index (χ0v) is 22.1. The van der Waals surface area contributed by atoms with Gasteiger partial charge in [-0.2, -0.15) is 0 Å². The molecule has 0 aliphatic carbocycles. The van der Waals surface area contributed by atoms with Crippen LogP contribution in [0.4, 0.5) is 0 Å². The number of thioether (sulfide) groups is 1. The zero-order valence-electron chi connectivity index (χ0n) is 19.7. The fraction of sp³-hybridized carbons (Fsp3) is 0.280. The first-order valence-corrected chi connectivity index (χ1v) is 13.4. The molecule has 1 aromatic carbocycles. The van der Waals surface area contributed by atoms with E-state index in [1.54, 1.807) is 48.9 Å². The lowest BCUT2D eigenvalue weighted by Crippen LogP contribution is -2.27. The van der Waals surface area contributed by atoms with Crippen molar-refractivity contribution in [2.24, 2.45) is 0 Å². The summed E-state index contributed by atoms with van der Waals surface area (Å²) >= 11 is 8.29. The molecule has 0 fully saturated rings. The Morgan fingerprint density at radius 1 is 1.25 bits per heavy atom. The van der Waals surface area contributed by atoms with Crippen LogP contribution in [0.2, 0.25) is 5.02 Å². The number of carbonyl (C=O) groups excluding carboxylic acids is 2. The maximum absolute atomic E-state index is 13.6. The van der Waals surface area contributed by atoms with Gasteiger partial charge in [0, 0.05) is 11.6 Å². The molecule has 1 N–H and O–H groups in total. The van der Waals surface area contributed by atoms with Crippen molar-refractivity contribution in [3.63, 3.8) is 0 Å². The number of halogens is 1. The summed E-state index contributed by atoms with van der Waals surface area (Å²) in [6, 6.07) is 10.9. The van der Waals surface area contributed by atoms with Gasteiger partial charge in [0.15, 0.2) is 5.16 Å². The molecular weight excluding hydrogens is 522 g/mol. The van der Waals surface area contributed by atoms with Gasteiger partial charge in [0.25, 0.3) is 5.56 Å². The SMILES string of the molecule is CCOC(=O)c1sc2nc(SCC(=O)NCc3ccco3)n(CCc3ccc(Cl)cc3)c(=O)c2c1C. The van der Waals surface area contributed by atoms with Gasteiger partial charge in [-0.15, -0.1) is 11.3 Å². The van der Waals surface area contributed by atoms with E-state index in [0.29, 0.717) is 49.6 Å². The molecule has 3 heterocycles. The van der Waals surface area contributed by atoms with Crippen LogP contribution in [0.5, 0.6) is 0 Å². The van der Waals surface area contributed by atoms with Gasteiger partial charge in [0.2, 0.25) is 5.91 Å².